The van der Waals surface area contributed by atoms with E-state index in [4.69, 9.17) is 9.68 Å². The largest absolute Gasteiger partial charge is 0.459 e. The second-order valence-electron chi connectivity index (χ2n) is 8.05. The van der Waals surface area contributed by atoms with Crippen molar-refractivity contribution in [2.24, 2.45) is 0 Å². The molecule has 0 spiro atoms. The molecule has 0 radical (unpaired) electrons. The fourth-order valence-electron chi connectivity index (χ4n) is 3.93. The number of benzene rings is 2. The molecule has 7 heteroatoms. The Kier molecular flexibility index (Phi) is 6.55. The summed E-state index contributed by atoms with van der Waals surface area (Å²) in [6.07, 6.45) is 4.91. The number of rotatable bonds is 9. The van der Waals surface area contributed by atoms with Crippen molar-refractivity contribution >= 4 is 33.5 Å². The minimum Gasteiger partial charge on any atom is -0.459 e. The molecule has 0 aliphatic rings. The van der Waals surface area contributed by atoms with Gasteiger partial charge in [-0.05, 0) is 80.9 Å². The number of aromatic nitrogens is 1. The third kappa shape index (κ3) is 4.99. The van der Waals surface area contributed by atoms with E-state index in [9.17, 15) is 9.90 Å². The Bertz CT molecular complexity index is 1280. The molecule has 7 nitrogen and oxygen atoms in total. The lowest BCUT2D eigenvalue weighted by molar-refractivity contribution is -0.117. The van der Waals surface area contributed by atoms with Gasteiger partial charge in [-0.2, -0.15) is 5.26 Å². The first-order valence-electron chi connectivity index (χ1n) is 10.7. The Balaban J connectivity index is 1.23. The fraction of sp³-hybridized carbons (Fsp3) is 0.280. The van der Waals surface area contributed by atoms with Crippen LogP contribution in [0.5, 0.6) is 0 Å². The topological polar surface area (TPSA) is 105 Å². The molecule has 164 valence electrons. The monoisotopic (exact) mass is 430 g/mol. The summed E-state index contributed by atoms with van der Waals surface area (Å²) in [5.74, 6) is 0.430. The summed E-state index contributed by atoms with van der Waals surface area (Å²) in [5, 5.41) is 23.2. The number of carbonyl (C=O) groups is 1. The zero-order chi connectivity index (χ0) is 22.5. The summed E-state index contributed by atoms with van der Waals surface area (Å²) >= 11 is 0. The third-order valence-corrected chi connectivity index (χ3v) is 5.55. The van der Waals surface area contributed by atoms with Crippen molar-refractivity contribution in [3.63, 3.8) is 0 Å². The predicted octanol–water partition coefficient (Wildman–Crippen LogP) is 4.17. The summed E-state index contributed by atoms with van der Waals surface area (Å²) in [5.41, 5.74) is 4.33. The van der Waals surface area contributed by atoms with Gasteiger partial charge in [-0.15, -0.1) is 0 Å². The molecule has 32 heavy (non-hydrogen) atoms. The quantitative estimate of drug-likeness (QED) is 0.346. The SMILES string of the molecule is CN(CCCCc1c[nH]c2ccc(C#N)cc12)CC(=O)Nc1ccc2oc(CO)cc2c1. The van der Waals surface area contributed by atoms with Gasteiger partial charge in [-0.3, -0.25) is 9.69 Å². The number of aromatic amines is 1. The average molecular weight is 431 g/mol. The minimum absolute atomic E-state index is 0.0709. The second-order valence-corrected chi connectivity index (χ2v) is 8.05. The Hall–Kier alpha value is -3.60. The molecular formula is C25H26N4O3. The highest BCUT2D eigenvalue weighted by atomic mass is 16.4. The van der Waals surface area contributed by atoms with Crippen LogP contribution in [-0.4, -0.2) is 41.0 Å². The Labute approximate surface area is 186 Å². The molecule has 0 saturated carbocycles. The summed E-state index contributed by atoms with van der Waals surface area (Å²) in [7, 11) is 1.94. The van der Waals surface area contributed by atoms with Gasteiger partial charge >= 0.3 is 0 Å². The lowest BCUT2D eigenvalue weighted by Crippen LogP contribution is -2.30. The van der Waals surface area contributed by atoms with E-state index < -0.39 is 0 Å². The van der Waals surface area contributed by atoms with Crippen LogP contribution in [0.2, 0.25) is 0 Å². The number of furan rings is 1. The van der Waals surface area contributed by atoms with Crippen LogP contribution in [0.15, 0.2) is 53.1 Å². The molecule has 0 unspecified atom stereocenters. The van der Waals surface area contributed by atoms with Gasteiger partial charge in [0.15, 0.2) is 0 Å². The number of likely N-dealkylation sites (N-methyl/N-ethyl adjacent to an activating group) is 1. The van der Waals surface area contributed by atoms with Crippen molar-refractivity contribution in [2.75, 3.05) is 25.5 Å². The molecule has 1 amide bonds. The van der Waals surface area contributed by atoms with Crippen LogP contribution < -0.4 is 5.32 Å². The number of carbonyl (C=O) groups excluding carboxylic acids is 1. The summed E-state index contributed by atoms with van der Waals surface area (Å²) in [6.45, 7) is 0.978. The van der Waals surface area contributed by atoms with Crippen molar-refractivity contribution in [3.8, 4) is 6.07 Å². The number of anilines is 1. The predicted molar refractivity (Wildman–Crippen MR) is 124 cm³/mol. The van der Waals surface area contributed by atoms with E-state index in [0.29, 0.717) is 29.1 Å². The number of aliphatic hydroxyl groups is 1. The zero-order valence-electron chi connectivity index (χ0n) is 18.0. The molecule has 0 atom stereocenters. The van der Waals surface area contributed by atoms with Gasteiger partial charge < -0.3 is 19.8 Å². The summed E-state index contributed by atoms with van der Waals surface area (Å²) < 4.78 is 5.47. The van der Waals surface area contributed by atoms with E-state index in [1.165, 1.54) is 5.56 Å². The van der Waals surface area contributed by atoms with Gasteiger partial charge in [0.25, 0.3) is 0 Å². The molecule has 4 rings (SSSR count). The Morgan fingerprint density at radius 2 is 2.09 bits per heavy atom. The van der Waals surface area contributed by atoms with Crippen LogP contribution >= 0.6 is 0 Å². The van der Waals surface area contributed by atoms with Crippen LogP contribution in [0.1, 0.15) is 29.7 Å². The lowest BCUT2D eigenvalue weighted by atomic mass is 10.1. The minimum atomic E-state index is -0.150. The Morgan fingerprint density at radius 1 is 1.22 bits per heavy atom. The number of nitrogens with one attached hydrogen (secondary N) is 2. The van der Waals surface area contributed by atoms with Gasteiger partial charge in [-0.25, -0.2) is 0 Å². The number of unbranched alkanes of at least 4 members (excludes halogenated alkanes) is 1. The molecular weight excluding hydrogens is 404 g/mol. The fourth-order valence-corrected chi connectivity index (χ4v) is 3.93. The number of aliphatic hydroxyl groups excluding tert-OH is 1. The second kappa shape index (κ2) is 9.69. The van der Waals surface area contributed by atoms with E-state index in [-0.39, 0.29) is 12.5 Å². The van der Waals surface area contributed by atoms with E-state index in [1.807, 2.05) is 42.4 Å². The smallest absolute Gasteiger partial charge is 0.238 e. The lowest BCUT2D eigenvalue weighted by Gasteiger charge is -2.16. The normalized spacial score (nSPS) is 11.3. The van der Waals surface area contributed by atoms with Crippen molar-refractivity contribution in [3.05, 3.63) is 65.5 Å². The maximum atomic E-state index is 12.4. The van der Waals surface area contributed by atoms with Gasteiger partial charge in [-0.1, -0.05) is 0 Å². The van der Waals surface area contributed by atoms with E-state index >= 15 is 0 Å². The number of H-pyrrole nitrogens is 1. The van der Waals surface area contributed by atoms with Crippen LogP contribution in [-0.2, 0) is 17.8 Å². The molecule has 3 N–H and O–H groups in total. The standard InChI is InChI=1S/C25H26N4O3/c1-29(9-3-2-4-18-14-27-23-7-5-17(13-26)10-22(18)23)15-25(31)28-20-6-8-24-19(11-20)12-21(16-30)32-24/h5-8,10-12,14,27,30H,2-4,9,15-16H2,1H3,(H,28,31). The van der Waals surface area contributed by atoms with Gasteiger partial charge in [0.05, 0.1) is 18.2 Å². The molecule has 4 aromatic rings. The highest BCUT2D eigenvalue weighted by molar-refractivity contribution is 5.94. The molecule has 0 fully saturated rings. The van der Waals surface area contributed by atoms with Gasteiger partial charge in [0, 0.05) is 28.2 Å². The summed E-state index contributed by atoms with van der Waals surface area (Å²) in [6, 6.07) is 15.1. The van der Waals surface area contributed by atoms with Gasteiger partial charge in [0.2, 0.25) is 5.91 Å². The maximum Gasteiger partial charge on any atom is 0.238 e. The van der Waals surface area contributed by atoms with E-state index in [2.05, 4.69) is 16.4 Å². The molecule has 2 heterocycles. The molecule has 2 aromatic heterocycles. The van der Waals surface area contributed by atoms with Crippen LogP contribution in [0, 0.1) is 11.3 Å². The number of fused-ring (bicyclic) bond motifs is 2. The van der Waals surface area contributed by atoms with E-state index in [0.717, 1.165) is 42.1 Å². The number of aryl methyl sites for hydroxylation is 1. The molecule has 2 aromatic carbocycles. The maximum absolute atomic E-state index is 12.4. The molecule has 0 bridgehead atoms. The molecule has 0 saturated heterocycles. The van der Waals surface area contributed by atoms with E-state index in [1.54, 1.807) is 18.2 Å². The number of amides is 1. The van der Waals surface area contributed by atoms with Crippen molar-refractivity contribution in [1.29, 1.82) is 5.26 Å². The van der Waals surface area contributed by atoms with Crippen molar-refractivity contribution in [1.82, 2.24) is 9.88 Å². The highest BCUT2D eigenvalue weighted by Crippen LogP contribution is 2.23. The zero-order valence-corrected chi connectivity index (χ0v) is 18.0. The van der Waals surface area contributed by atoms with Crippen LogP contribution in [0.25, 0.3) is 21.9 Å². The molecule has 0 aliphatic heterocycles. The first-order chi connectivity index (χ1) is 15.6. The number of hydrogen-bond acceptors (Lipinski definition) is 5. The number of nitriles is 1. The van der Waals surface area contributed by atoms with Crippen molar-refractivity contribution < 1.29 is 14.3 Å². The molecule has 0 aliphatic carbocycles. The van der Waals surface area contributed by atoms with Crippen LogP contribution in [0.4, 0.5) is 5.69 Å². The third-order valence-electron chi connectivity index (χ3n) is 5.55. The Morgan fingerprint density at radius 3 is 2.91 bits per heavy atom. The number of hydrogen-bond donors (Lipinski definition) is 3. The number of nitrogens with zero attached hydrogens (tertiary/aromatic N) is 2. The van der Waals surface area contributed by atoms with Crippen LogP contribution in [0.3, 0.4) is 0 Å². The average Bonchev–Trinajstić information content (AvgIpc) is 3.39. The van der Waals surface area contributed by atoms with Crippen molar-refractivity contribution in [2.45, 2.75) is 25.9 Å². The first-order valence-corrected chi connectivity index (χ1v) is 10.7. The van der Waals surface area contributed by atoms with Gasteiger partial charge in [0.1, 0.15) is 18.0 Å². The first kappa shape index (κ1) is 21.6. The summed E-state index contributed by atoms with van der Waals surface area (Å²) in [4.78, 5) is 17.7. The highest BCUT2D eigenvalue weighted by Gasteiger charge is 2.10.